The van der Waals surface area contributed by atoms with E-state index in [9.17, 15) is 0 Å². The third-order valence-electron chi connectivity index (χ3n) is 2.02. The molecule has 0 heterocycles. The monoisotopic (exact) mass is 172 g/mol. The van der Waals surface area contributed by atoms with Crippen LogP contribution in [0.15, 0.2) is 30.3 Å². The summed E-state index contributed by atoms with van der Waals surface area (Å²) in [5, 5.41) is 8.37. The van der Waals surface area contributed by atoms with E-state index >= 15 is 0 Å². The second-order valence-corrected chi connectivity index (χ2v) is 3.18. The minimum absolute atomic E-state index is 0.269. The Hall–Kier alpha value is -1.36. The van der Waals surface area contributed by atoms with Crippen LogP contribution < -0.4 is 0 Å². The van der Waals surface area contributed by atoms with Crippen LogP contribution in [0.3, 0.4) is 0 Å². The van der Waals surface area contributed by atoms with Crippen molar-refractivity contribution in [3.63, 3.8) is 0 Å². The normalized spacial score (nSPS) is 11.2. The van der Waals surface area contributed by atoms with E-state index in [1.807, 2.05) is 31.2 Å². The van der Waals surface area contributed by atoms with E-state index < -0.39 is 0 Å². The number of aliphatic hydroxyl groups excluding tert-OH is 1. The maximum atomic E-state index is 8.37. The van der Waals surface area contributed by atoms with Gasteiger partial charge in [0.2, 0.25) is 0 Å². The van der Waals surface area contributed by atoms with Gasteiger partial charge in [-0.3, -0.25) is 0 Å². The molecule has 13 heavy (non-hydrogen) atoms. The van der Waals surface area contributed by atoms with E-state index in [0.29, 0.717) is 0 Å². The van der Waals surface area contributed by atoms with Gasteiger partial charge in [-0.2, -0.15) is 0 Å². The Balaban J connectivity index is 2.38. The van der Waals surface area contributed by atoms with Crippen LogP contribution >= 0.6 is 0 Å². The zero-order valence-corrected chi connectivity index (χ0v) is 7.83. The minimum atomic E-state index is 0.269. The molecular formula is C11H13BO. The summed E-state index contributed by atoms with van der Waals surface area (Å²) >= 11 is 0. The van der Waals surface area contributed by atoms with Crippen molar-refractivity contribution in [1.29, 1.82) is 0 Å². The third-order valence-corrected chi connectivity index (χ3v) is 2.02. The summed E-state index contributed by atoms with van der Waals surface area (Å²) in [6, 6.07) is 10.3. The van der Waals surface area contributed by atoms with Crippen molar-refractivity contribution in [3.05, 3.63) is 35.9 Å². The van der Waals surface area contributed by atoms with E-state index in [-0.39, 0.29) is 5.82 Å². The number of aliphatic hydroxyl groups is 1. The fourth-order valence-electron chi connectivity index (χ4n) is 1.21. The molecule has 1 nitrogen and oxygen atoms in total. The maximum Gasteiger partial charge on any atom is 0.144 e. The minimum Gasteiger partial charge on any atom is -0.462 e. The van der Waals surface area contributed by atoms with Gasteiger partial charge in [0.1, 0.15) is 13.4 Å². The fourth-order valence-corrected chi connectivity index (χ4v) is 1.21. The van der Waals surface area contributed by atoms with Gasteiger partial charge in [0.05, 0.1) is 0 Å². The standard InChI is InChI=1S/C11H13BO/c1-10(7-8-13)12-9-11-5-3-2-4-6-11/h2-6,10,12-13H,9H2,1H3. The zero-order chi connectivity index (χ0) is 9.52. The van der Waals surface area contributed by atoms with Crippen LogP contribution in [0.5, 0.6) is 0 Å². The molecule has 1 aromatic rings. The lowest BCUT2D eigenvalue weighted by Gasteiger charge is -2.00. The predicted octanol–water partition coefficient (Wildman–Crippen LogP) is 1.76. The number of rotatable bonds is 3. The van der Waals surface area contributed by atoms with Crippen LogP contribution in [-0.2, 0) is 6.32 Å². The molecule has 0 saturated carbocycles. The van der Waals surface area contributed by atoms with Gasteiger partial charge in [-0.15, -0.1) is 0 Å². The molecule has 0 aliphatic carbocycles. The van der Waals surface area contributed by atoms with Gasteiger partial charge in [0.25, 0.3) is 0 Å². The topological polar surface area (TPSA) is 20.2 Å². The van der Waals surface area contributed by atoms with Gasteiger partial charge in [-0.1, -0.05) is 55.1 Å². The average Bonchev–Trinajstić information content (AvgIpc) is 2.17. The van der Waals surface area contributed by atoms with Gasteiger partial charge < -0.3 is 5.11 Å². The first-order valence-electron chi connectivity index (χ1n) is 4.51. The largest absolute Gasteiger partial charge is 0.462 e. The molecule has 1 unspecified atom stereocenters. The van der Waals surface area contributed by atoms with Crippen molar-refractivity contribution in [2.24, 2.45) is 0 Å². The first kappa shape index (κ1) is 9.73. The highest BCUT2D eigenvalue weighted by atomic mass is 16.2. The molecule has 0 aliphatic rings. The second kappa shape index (κ2) is 5.32. The lowest BCUT2D eigenvalue weighted by Crippen LogP contribution is -2.01. The number of hydrogen-bond acceptors (Lipinski definition) is 1. The number of hydrogen-bond donors (Lipinski definition) is 1. The van der Waals surface area contributed by atoms with Crippen molar-refractivity contribution in [2.45, 2.75) is 19.1 Å². The van der Waals surface area contributed by atoms with Crippen LogP contribution in [0.4, 0.5) is 0 Å². The van der Waals surface area contributed by atoms with Crippen molar-refractivity contribution in [2.75, 3.05) is 0 Å². The molecular weight excluding hydrogens is 159 g/mol. The summed E-state index contributed by atoms with van der Waals surface area (Å²) in [5.74, 6) is 2.99. The Labute approximate surface area is 80.0 Å². The van der Waals surface area contributed by atoms with Crippen LogP contribution in [-0.4, -0.2) is 12.4 Å². The Morgan fingerprint density at radius 3 is 2.69 bits per heavy atom. The second-order valence-electron chi connectivity index (χ2n) is 3.18. The molecule has 0 aromatic heterocycles. The van der Waals surface area contributed by atoms with E-state index in [1.54, 1.807) is 0 Å². The molecule has 0 aliphatic heterocycles. The maximum absolute atomic E-state index is 8.37. The van der Waals surface area contributed by atoms with Crippen molar-refractivity contribution >= 4 is 7.28 Å². The summed E-state index contributed by atoms with van der Waals surface area (Å²) in [6.45, 7) is 2.02. The Morgan fingerprint density at radius 1 is 1.38 bits per heavy atom. The summed E-state index contributed by atoms with van der Waals surface area (Å²) in [4.78, 5) is 0. The van der Waals surface area contributed by atoms with Crippen LogP contribution in [0.1, 0.15) is 12.5 Å². The van der Waals surface area contributed by atoms with E-state index in [0.717, 1.165) is 13.6 Å². The summed E-state index contributed by atoms with van der Waals surface area (Å²) in [7, 11) is 0.998. The summed E-state index contributed by atoms with van der Waals surface area (Å²) < 4.78 is 0. The Morgan fingerprint density at radius 2 is 2.08 bits per heavy atom. The summed E-state index contributed by atoms with van der Waals surface area (Å²) in [6.07, 6.45) is 2.98. The quantitative estimate of drug-likeness (QED) is 0.544. The van der Waals surface area contributed by atoms with E-state index in [1.165, 1.54) is 5.56 Å². The Bertz CT molecular complexity index is 297. The highest BCUT2D eigenvalue weighted by molar-refractivity contribution is 6.38. The van der Waals surface area contributed by atoms with E-state index in [2.05, 4.69) is 18.1 Å². The molecule has 2 heteroatoms. The van der Waals surface area contributed by atoms with E-state index in [4.69, 9.17) is 5.11 Å². The molecule has 0 spiro atoms. The molecule has 0 fully saturated rings. The van der Waals surface area contributed by atoms with Gasteiger partial charge in [-0.05, 0) is 5.82 Å². The SMILES string of the molecule is CC(BCc1ccccc1)C#CO. The molecule has 0 bridgehead atoms. The van der Waals surface area contributed by atoms with Gasteiger partial charge >= 0.3 is 0 Å². The van der Waals surface area contributed by atoms with Gasteiger partial charge in [0.15, 0.2) is 0 Å². The molecule has 1 N–H and O–H groups in total. The first-order chi connectivity index (χ1) is 6.33. The lowest BCUT2D eigenvalue weighted by molar-refractivity contribution is 0.516. The van der Waals surface area contributed by atoms with Crippen molar-refractivity contribution < 1.29 is 5.11 Å². The van der Waals surface area contributed by atoms with Gasteiger partial charge in [-0.25, -0.2) is 0 Å². The lowest BCUT2D eigenvalue weighted by atomic mass is 9.61. The molecule has 0 saturated heterocycles. The molecule has 66 valence electrons. The first-order valence-corrected chi connectivity index (χ1v) is 4.51. The molecule has 1 rings (SSSR count). The Kier molecular flexibility index (Phi) is 3.98. The smallest absolute Gasteiger partial charge is 0.144 e. The fraction of sp³-hybridized carbons (Fsp3) is 0.273. The van der Waals surface area contributed by atoms with Crippen LogP contribution in [0.25, 0.3) is 0 Å². The molecule has 1 aromatic carbocycles. The molecule has 1 atom stereocenters. The number of benzene rings is 1. The highest BCUT2D eigenvalue weighted by Crippen LogP contribution is 2.04. The highest BCUT2D eigenvalue weighted by Gasteiger charge is 2.00. The molecule has 0 amide bonds. The zero-order valence-electron chi connectivity index (χ0n) is 7.83. The van der Waals surface area contributed by atoms with Crippen molar-refractivity contribution in [3.8, 4) is 12.0 Å². The van der Waals surface area contributed by atoms with Crippen LogP contribution in [0, 0.1) is 12.0 Å². The third kappa shape index (κ3) is 3.71. The van der Waals surface area contributed by atoms with Gasteiger partial charge in [0, 0.05) is 0 Å². The average molecular weight is 172 g/mol. The molecule has 0 radical (unpaired) electrons. The predicted molar refractivity (Wildman–Crippen MR) is 56.4 cm³/mol. The van der Waals surface area contributed by atoms with Crippen molar-refractivity contribution in [1.82, 2.24) is 0 Å². The summed E-state index contributed by atoms with van der Waals surface area (Å²) in [5.41, 5.74) is 1.33. The van der Waals surface area contributed by atoms with Crippen LogP contribution in [0.2, 0.25) is 5.82 Å².